The van der Waals surface area contributed by atoms with Crippen LogP contribution in [0.5, 0.6) is 0 Å². The molecule has 1 aliphatic carbocycles. The highest BCUT2D eigenvalue weighted by molar-refractivity contribution is 5.87. The van der Waals surface area contributed by atoms with Crippen molar-refractivity contribution in [3.63, 3.8) is 0 Å². The number of amides is 2. The lowest BCUT2D eigenvalue weighted by molar-refractivity contribution is -0.140. The standard InChI is InChI=1S/C15H25N3O4/c1-3-18(9-14(20)21)12-7-11(8-12)16-15(22)10-4-5-17(2)13(19)6-10/h10-12H,3-9H2,1-2H3,(H,16,22)(H,20,21). The summed E-state index contributed by atoms with van der Waals surface area (Å²) < 4.78 is 0. The summed E-state index contributed by atoms with van der Waals surface area (Å²) in [5.74, 6) is -1.05. The van der Waals surface area contributed by atoms with Crippen LogP contribution in [0, 0.1) is 5.92 Å². The lowest BCUT2D eigenvalue weighted by atomic mass is 9.84. The minimum absolute atomic E-state index is 0.0245. The van der Waals surface area contributed by atoms with Gasteiger partial charge in [-0.15, -0.1) is 0 Å². The molecule has 22 heavy (non-hydrogen) atoms. The summed E-state index contributed by atoms with van der Waals surface area (Å²) >= 11 is 0. The van der Waals surface area contributed by atoms with Gasteiger partial charge in [-0.05, 0) is 25.8 Å². The van der Waals surface area contributed by atoms with Crippen LogP contribution in [0.25, 0.3) is 0 Å². The molecule has 1 heterocycles. The van der Waals surface area contributed by atoms with Gasteiger partial charge in [-0.3, -0.25) is 19.3 Å². The quantitative estimate of drug-likeness (QED) is 0.715. The smallest absolute Gasteiger partial charge is 0.317 e. The molecule has 2 N–H and O–H groups in total. The highest BCUT2D eigenvalue weighted by Gasteiger charge is 2.36. The van der Waals surface area contributed by atoms with E-state index in [1.807, 2.05) is 11.8 Å². The number of carbonyl (C=O) groups excluding carboxylic acids is 2. The van der Waals surface area contributed by atoms with E-state index in [0.29, 0.717) is 25.9 Å². The first-order valence-electron chi connectivity index (χ1n) is 7.90. The van der Waals surface area contributed by atoms with Crippen LogP contribution in [0.15, 0.2) is 0 Å². The van der Waals surface area contributed by atoms with Crippen LogP contribution >= 0.6 is 0 Å². The third-order valence-electron chi connectivity index (χ3n) is 4.75. The maximum absolute atomic E-state index is 12.2. The molecule has 0 bridgehead atoms. The number of piperidine rings is 1. The van der Waals surface area contributed by atoms with Gasteiger partial charge in [0.2, 0.25) is 11.8 Å². The minimum atomic E-state index is -0.820. The highest BCUT2D eigenvalue weighted by Crippen LogP contribution is 2.26. The first-order valence-corrected chi connectivity index (χ1v) is 7.90. The van der Waals surface area contributed by atoms with Crippen LogP contribution in [0.2, 0.25) is 0 Å². The molecule has 1 atom stereocenters. The molecule has 0 aromatic heterocycles. The summed E-state index contributed by atoms with van der Waals surface area (Å²) in [5.41, 5.74) is 0. The van der Waals surface area contributed by atoms with Gasteiger partial charge < -0.3 is 15.3 Å². The molecule has 1 aliphatic heterocycles. The lowest BCUT2D eigenvalue weighted by Gasteiger charge is -2.42. The highest BCUT2D eigenvalue weighted by atomic mass is 16.4. The molecule has 2 fully saturated rings. The number of carboxylic acid groups (broad SMARTS) is 1. The molecule has 1 saturated carbocycles. The summed E-state index contributed by atoms with van der Waals surface area (Å²) in [5, 5.41) is 11.9. The van der Waals surface area contributed by atoms with Crippen molar-refractivity contribution in [3.05, 3.63) is 0 Å². The van der Waals surface area contributed by atoms with E-state index >= 15 is 0 Å². The zero-order chi connectivity index (χ0) is 16.3. The van der Waals surface area contributed by atoms with Crippen LogP contribution in [0.1, 0.15) is 32.6 Å². The Labute approximate surface area is 130 Å². The summed E-state index contributed by atoms with van der Waals surface area (Å²) in [6.45, 7) is 3.32. The molecular formula is C15H25N3O4. The fraction of sp³-hybridized carbons (Fsp3) is 0.800. The first-order chi connectivity index (χ1) is 10.4. The number of hydrogen-bond donors (Lipinski definition) is 2. The van der Waals surface area contributed by atoms with Crippen molar-refractivity contribution >= 4 is 17.8 Å². The summed E-state index contributed by atoms with van der Waals surface area (Å²) in [4.78, 5) is 38.2. The Morgan fingerprint density at radius 1 is 1.41 bits per heavy atom. The largest absolute Gasteiger partial charge is 0.480 e. The van der Waals surface area contributed by atoms with Crippen LogP contribution in [0.3, 0.4) is 0 Å². The molecular weight excluding hydrogens is 286 g/mol. The Kier molecular flexibility index (Phi) is 5.39. The average Bonchev–Trinajstić information content (AvgIpc) is 2.42. The van der Waals surface area contributed by atoms with Gasteiger partial charge in [-0.25, -0.2) is 0 Å². The number of likely N-dealkylation sites (tertiary alicyclic amines) is 1. The number of likely N-dealkylation sites (N-methyl/N-ethyl adjacent to an activating group) is 1. The van der Waals surface area contributed by atoms with E-state index in [2.05, 4.69) is 5.32 Å². The zero-order valence-electron chi connectivity index (χ0n) is 13.2. The third kappa shape index (κ3) is 3.97. The van der Waals surface area contributed by atoms with Crippen LogP contribution < -0.4 is 5.32 Å². The van der Waals surface area contributed by atoms with Gasteiger partial charge in [0.15, 0.2) is 0 Å². The molecule has 0 aromatic rings. The van der Waals surface area contributed by atoms with Crippen molar-refractivity contribution in [2.75, 3.05) is 26.7 Å². The Morgan fingerprint density at radius 3 is 2.64 bits per heavy atom. The number of rotatable bonds is 6. The number of nitrogens with zero attached hydrogens (tertiary/aromatic N) is 2. The molecule has 1 saturated heterocycles. The number of carbonyl (C=O) groups is 3. The number of aliphatic carboxylic acids is 1. The molecule has 7 nitrogen and oxygen atoms in total. The number of nitrogens with one attached hydrogen (secondary N) is 1. The van der Waals surface area contributed by atoms with E-state index in [0.717, 1.165) is 12.8 Å². The zero-order valence-corrected chi connectivity index (χ0v) is 13.2. The molecule has 0 spiro atoms. The van der Waals surface area contributed by atoms with Crippen LogP contribution in [0.4, 0.5) is 0 Å². The Balaban J connectivity index is 1.74. The fourth-order valence-corrected chi connectivity index (χ4v) is 3.16. The van der Waals surface area contributed by atoms with E-state index in [1.165, 1.54) is 0 Å². The van der Waals surface area contributed by atoms with Crippen molar-refractivity contribution in [1.29, 1.82) is 0 Å². The Hall–Kier alpha value is -1.63. The topological polar surface area (TPSA) is 90.0 Å². The second-order valence-corrected chi connectivity index (χ2v) is 6.29. The second-order valence-electron chi connectivity index (χ2n) is 6.29. The third-order valence-corrected chi connectivity index (χ3v) is 4.75. The van der Waals surface area contributed by atoms with Gasteiger partial charge in [0, 0.05) is 38.0 Å². The molecule has 0 radical (unpaired) electrons. The van der Waals surface area contributed by atoms with E-state index < -0.39 is 5.97 Å². The van der Waals surface area contributed by atoms with Gasteiger partial charge in [-0.1, -0.05) is 6.92 Å². The molecule has 0 aromatic carbocycles. The van der Waals surface area contributed by atoms with E-state index in [9.17, 15) is 14.4 Å². The monoisotopic (exact) mass is 311 g/mol. The molecule has 7 heteroatoms. The lowest BCUT2D eigenvalue weighted by Crippen LogP contribution is -2.56. The number of carboxylic acids is 1. The maximum atomic E-state index is 12.2. The van der Waals surface area contributed by atoms with Crippen molar-refractivity contribution < 1.29 is 19.5 Å². The van der Waals surface area contributed by atoms with Crippen molar-refractivity contribution in [1.82, 2.24) is 15.1 Å². The average molecular weight is 311 g/mol. The predicted octanol–water partition coefficient (Wildman–Crippen LogP) is -0.0915. The van der Waals surface area contributed by atoms with Crippen molar-refractivity contribution in [2.45, 2.75) is 44.7 Å². The summed E-state index contributed by atoms with van der Waals surface area (Å²) in [7, 11) is 1.76. The molecule has 124 valence electrons. The second kappa shape index (κ2) is 7.09. The van der Waals surface area contributed by atoms with Gasteiger partial charge in [0.25, 0.3) is 0 Å². The van der Waals surface area contributed by atoms with E-state index in [4.69, 9.17) is 5.11 Å². The van der Waals surface area contributed by atoms with Crippen molar-refractivity contribution in [3.8, 4) is 0 Å². The predicted molar refractivity (Wildman–Crippen MR) is 80.2 cm³/mol. The van der Waals surface area contributed by atoms with Crippen molar-refractivity contribution in [2.24, 2.45) is 5.92 Å². The van der Waals surface area contributed by atoms with Gasteiger partial charge in [-0.2, -0.15) is 0 Å². The molecule has 2 rings (SSSR count). The first kappa shape index (κ1) is 16.7. The fourth-order valence-electron chi connectivity index (χ4n) is 3.16. The number of hydrogen-bond acceptors (Lipinski definition) is 4. The Bertz CT molecular complexity index is 448. The SMILES string of the molecule is CCN(CC(=O)O)C1CC(NC(=O)C2CCN(C)C(=O)C2)C1. The summed E-state index contributed by atoms with van der Waals surface area (Å²) in [6, 6.07) is 0.334. The van der Waals surface area contributed by atoms with Gasteiger partial charge in [0.1, 0.15) is 0 Å². The van der Waals surface area contributed by atoms with Gasteiger partial charge >= 0.3 is 5.97 Å². The van der Waals surface area contributed by atoms with Gasteiger partial charge in [0.05, 0.1) is 6.54 Å². The molecule has 2 aliphatic rings. The minimum Gasteiger partial charge on any atom is -0.480 e. The van der Waals surface area contributed by atoms with Crippen LogP contribution in [-0.4, -0.2) is 71.5 Å². The van der Waals surface area contributed by atoms with E-state index in [-0.39, 0.29) is 36.4 Å². The molecule has 1 unspecified atom stereocenters. The Morgan fingerprint density at radius 2 is 2.09 bits per heavy atom. The molecule has 2 amide bonds. The summed E-state index contributed by atoms with van der Waals surface area (Å²) in [6.07, 6.45) is 2.57. The maximum Gasteiger partial charge on any atom is 0.317 e. The van der Waals surface area contributed by atoms with Crippen LogP contribution in [-0.2, 0) is 14.4 Å². The normalized spacial score (nSPS) is 28.4. The van der Waals surface area contributed by atoms with E-state index in [1.54, 1.807) is 11.9 Å².